The van der Waals surface area contributed by atoms with E-state index < -0.39 is 5.54 Å². The number of aryl methyl sites for hydroxylation is 1. The quantitative estimate of drug-likeness (QED) is 0.665. The summed E-state index contributed by atoms with van der Waals surface area (Å²) >= 11 is 0. The van der Waals surface area contributed by atoms with E-state index in [1.165, 1.54) is 5.56 Å². The Balaban J connectivity index is 1.52. The van der Waals surface area contributed by atoms with Gasteiger partial charge in [-0.25, -0.2) is 0 Å². The van der Waals surface area contributed by atoms with Crippen LogP contribution in [-0.2, 0) is 16.0 Å². The lowest BCUT2D eigenvalue weighted by atomic mass is 9.85. The Hall–Kier alpha value is -3.35. The molecule has 1 unspecified atom stereocenters. The van der Waals surface area contributed by atoms with Crippen molar-refractivity contribution < 1.29 is 14.4 Å². The fraction of sp³-hybridized carbons (Fsp3) is 0.464. The van der Waals surface area contributed by atoms with Gasteiger partial charge in [0.1, 0.15) is 12.1 Å². The molecule has 2 aromatic rings. The molecule has 4 rings (SSSR count). The van der Waals surface area contributed by atoms with Crippen molar-refractivity contribution in [2.24, 2.45) is 0 Å². The van der Waals surface area contributed by atoms with Crippen molar-refractivity contribution in [3.63, 3.8) is 0 Å². The van der Waals surface area contributed by atoms with Crippen molar-refractivity contribution in [2.75, 3.05) is 31.2 Å². The summed E-state index contributed by atoms with van der Waals surface area (Å²) in [5, 5.41) is 2.97. The number of nitrogens with zero attached hydrogens (tertiary/aromatic N) is 3. The normalized spacial score (nSPS) is 18.1. The van der Waals surface area contributed by atoms with E-state index in [0.717, 1.165) is 18.5 Å². The molecule has 2 fully saturated rings. The van der Waals surface area contributed by atoms with E-state index >= 15 is 0 Å². The number of carbonyl (C=O) groups excluding carboxylic acids is 3. The third-order valence-corrected chi connectivity index (χ3v) is 7.42. The number of likely N-dealkylation sites (tertiary alicyclic amines) is 1. The molecule has 7 nitrogen and oxygen atoms in total. The fourth-order valence-electron chi connectivity index (χ4n) is 5.06. The highest BCUT2D eigenvalue weighted by Gasteiger charge is 2.54. The molecule has 7 heteroatoms. The first-order chi connectivity index (χ1) is 16.9. The molecule has 2 aromatic carbocycles. The summed E-state index contributed by atoms with van der Waals surface area (Å²) in [6.07, 6.45) is 2.83. The summed E-state index contributed by atoms with van der Waals surface area (Å²) < 4.78 is 0. The van der Waals surface area contributed by atoms with Crippen LogP contribution in [0.5, 0.6) is 0 Å². The lowest BCUT2D eigenvalue weighted by Gasteiger charge is -2.43. The lowest BCUT2D eigenvalue weighted by Crippen LogP contribution is -2.57. The Morgan fingerprint density at radius 3 is 2.26 bits per heavy atom. The number of rotatable bonds is 7. The van der Waals surface area contributed by atoms with Gasteiger partial charge in [-0.05, 0) is 62.4 Å². The third-order valence-electron chi connectivity index (χ3n) is 7.42. The molecule has 1 atom stereocenters. The number of amides is 3. The molecule has 2 aliphatic rings. The van der Waals surface area contributed by atoms with Crippen LogP contribution in [0, 0.1) is 0 Å². The van der Waals surface area contributed by atoms with Gasteiger partial charge >= 0.3 is 0 Å². The van der Waals surface area contributed by atoms with Crippen LogP contribution in [0.1, 0.15) is 56.0 Å². The number of nitrogens with one attached hydrogen (secondary N) is 1. The molecule has 3 amide bonds. The van der Waals surface area contributed by atoms with E-state index in [9.17, 15) is 14.4 Å². The molecular formula is C28H36N4O3. The van der Waals surface area contributed by atoms with Crippen molar-refractivity contribution in [2.45, 2.75) is 58.0 Å². The zero-order chi connectivity index (χ0) is 25.0. The zero-order valence-electron chi connectivity index (χ0n) is 21.0. The second-order valence-corrected chi connectivity index (χ2v) is 9.66. The van der Waals surface area contributed by atoms with Crippen LogP contribution in [0.2, 0.25) is 0 Å². The molecule has 1 spiro atoms. The number of benzene rings is 2. The molecular weight excluding hydrogens is 440 g/mol. The van der Waals surface area contributed by atoms with E-state index in [-0.39, 0.29) is 30.3 Å². The van der Waals surface area contributed by atoms with Gasteiger partial charge in [-0.2, -0.15) is 0 Å². The predicted molar refractivity (Wildman–Crippen MR) is 137 cm³/mol. The smallest absolute Gasteiger partial charge is 0.253 e. The first-order valence-corrected chi connectivity index (χ1v) is 12.7. The molecule has 0 saturated carbocycles. The van der Waals surface area contributed by atoms with Gasteiger partial charge in [-0.1, -0.05) is 44.2 Å². The SMILES string of the molecule is CCc1ccc(C(=O)N2CCC3(CC2)C(=O)N(CC(=O)NC(C)CC)CN3c2ccccc2)cc1. The Bertz CT molecular complexity index is 1050. The maximum atomic E-state index is 13.8. The molecule has 0 bridgehead atoms. The molecule has 2 saturated heterocycles. The van der Waals surface area contributed by atoms with Crippen LogP contribution in [-0.4, -0.2) is 65.4 Å². The summed E-state index contributed by atoms with van der Waals surface area (Å²) in [6, 6.07) is 17.7. The van der Waals surface area contributed by atoms with Crippen molar-refractivity contribution in [3.05, 3.63) is 65.7 Å². The van der Waals surface area contributed by atoms with Crippen LogP contribution < -0.4 is 10.2 Å². The highest BCUT2D eigenvalue weighted by molar-refractivity contribution is 5.97. The Kier molecular flexibility index (Phi) is 7.43. The minimum Gasteiger partial charge on any atom is -0.352 e. The first-order valence-electron chi connectivity index (χ1n) is 12.7. The van der Waals surface area contributed by atoms with E-state index in [1.807, 2.05) is 73.3 Å². The van der Waals surface area contributed by atoms with Crippen LogP contribution >= 0.6 is 0 Å². The summed E-state index contributed by atoms with van der Waals surface area (Å²) in [4.78, 5) is 45.1. The maximum absolute atomic E-state index is 13.8. The van der Waals surface area contributed by atoms with Crippen molar-refractivity contribution in [3.8, 4) is 0 Å². The Morgan fingerprint density at radius 1 is 1.00 bits per heavy atom. The van der Waals surface area contributed by atoms with Gasteiger partial charge in [0.15, 0.2) is 0 Å². The van der Waals surface area contributed by atoms with E-state index in [2.05, 4.69) is 17.1 Å². The average molecular weight is 477 g/mol. The van der Waals surface area contributed by atoms with Crippen molar-refractivity contribution in [1.29, 1.82) is 0 Å². The van der Waals surface area contributed by atoms with E-state index in [1.54, 1.807) is 4.90 Å². The molecule has 2 heterocycles. The molecule has 35 heavy (non-hydrogen) atoms. The molecule has 0 aliphatic carbocycles. The van der Waals surface area contributed by atoms with Gasteiger partial charge < -0.3 is 20.0 Å². The van der Waals surface area contributed by atoms with Gasteiger partial charge in [0, 0.05) is 30.4 Å². The van der Waals surface area contributed by atoms with Crippen molar-refractivity contribution >= 4 is 23.4 Å². The van der Waals surface area contributed by atoms with Crippen LogP contribution in [0.25, 0.3) is 0 Å². The van der Waals surface area contributed by atoms with Gasteiger partial charge in [0.2, 0.25) is 5.91 Å². The second kappa shape index (κ2) is 10.5. The van der Waals surface area contributed by atoms with Crippen LogP contribution in [0.3, 0.4) is 0 Å². The molecule has 0 radical (unpaired) electrons. The minimum atomic E-state index is -0.749. The van der Waals surface area contributed by atoms with E-state index in [0.29, 0.717) is 38.2 Å². The summed E-state index contributed by atoms with van der Waals surface area (Å²) in [5.74, 6) is -0.162. The largest absolute Gasteiger partial charge is 0.352 e. The molecule has 0 aromatic heterocycles. The number of carbonyl (C=O) groups is 3. The standard InChI is InChI=1S/C28H36N4O3/c1-4-21(3)29-25(33)19-31-20-32(24-9-7-6-8-10-24)28(27(31)35)15-17-30(18-16-28)26(34)23-13-11-22(5-2)12-14-23/h6-14,21H,4-5,15-20H2,1-3H3,(H,29,33). The molecule has 2 aliphatic heterocycles. The fourth-order valence-corrected chi connectivity index (χ4v) is 5.06. The Labute approximate surface area is 208 Å². The lowest BCUT2D eigenvalue weighted by molar-refractivity contribution is -0.137. The van der Waals surface area contributed by atoms with E-state index in [4.69, 9.17) is 0 Å². The average Bonchev–Trinajstić information content (AvgIpc) is 3.15. The Morgan fingerprint density at radius 2 is 1.66 bits per heavy atom. The monoisotopic (exact) mass is 476 g/mol. The van der Waals surface area contributed by atoms with Gasteiger partial charge in [0.25, 0.3) is 11.8 Å². The van der Waals surface area contributed by atoms with Crippen LogP contribution in [0.4, 0.5) is 5.69 Å². The molecule has 186 valence electrons. The number of piperidine rings is 1. The van der Waals surface area contributed by atoms with Gasteiger partial charge in [-0.3, -0.25) is 14.4 Å². The summed E-state index contributed by atoms with van der Waals surface area (Å²) in [6.45, 7) is 7.47. The number of para-hydroxylation sites is 1. The van der Waals surface area contributed by atoms with Gasteiger partial charge in [-0.15, -0.1) is 0 Å². The summed E-state index contributed by atoms with van der Waals surface area (Å²) in [7, 11) is 0. The number of hydrogen-bond donors (Lipinski definition) is 1. The summed E-state index contributed by atoms with van der Waals surface area (Å²) in [5.41, 5.74) is 2.09. The number of anilines is 1. The topological polar surface area (TPSA) is 73.0 Å². The van der Waals surface area contributed by atoms with Crippen LogP contribution in [0.15, 0.2) is 54.6 Å². The van der Waals surface area contributed by atoms with Gasteiger partial charge in [0.05, 0.1) is 6.67 Å². The third kappa shape index (κ3) is 5.04. The maximum Gasteiger partial charge on any atom is 0.253 e. The predicted octanol–water partition coefficient (Wildman–Crippen LogP) is 3.44. The highest BCUT2D eigenvalue weighted by atomic mass is 16.2. The zero-order valence-corrected chi connectivity index (χ0v) is 21.0. The van der Waals surface area contributed by atoms with Crippen molar-refractivity contribution in [1.82, 2.24) is 15.1 Å². The first kappa shape index (κ1) is 24.8. The second-order valence-electron chi connectivity index (χ2n) is 9.66. The highest BCUT2D eigenvalue weighted by Crippen LogP contribution is 2.39. The molecule has 1 N–H and O–H groups in total. The minimum absolute atomic E-state index is 0.00370. The number of hydrogen-bond acceptors (Lipinski definition) is 4.